The van der Waals surface area contributed by atoms with Crippen LogP contribution in [-0.4, -0.2) is 88.8 Å². The number of aryl methyl sites for hydroxylation is 2. The maximum atomic E-state index is 12.9. The molecule has 1 aliphatic rings. The van der Waals surface area contributed by atoms with E-state index >= 15 is 0 Å². The number of piperazine rings is 1. The van der Waals surface area contributed by atoms with E-state index in [2.05, 4.69) is 40.7 Å². The maximum absolute atomic E-state index is 12.9. The quantitative estimate of drug-likeness (QED) is 0.222. The Bertz CT molecular complexity index is 1550. The summed E-state index contributed by atoms with van der Waals surface area (Å²) in [6.07, 6.45) is 0.867. The molecule has 0 bridgehead atoms. The van der Waals surface area contributed by atoms with E-state index in [1.807, 2.05) is 45.9 Å². The van der Waals surface area contributed by atoms with Gasteiger partial charge in [0, 0.05) is 38.8 Å². The van der Waals surface area contributed by atoms with Crippen molar-refractivity contribution >= 4 is 63.4 Å². The lowest BCUT2D eigenvalue weighted by Gasteiger charge is -2.35. The van der Waals surface area contributed by atoms with E-state index in [9.17, 15) is 14.4 Å². The van der Waals surface area contributed by atoms with E-state index in [1.54, 1.807) is 26.8 Å². The summed E-state index contributed by atoms with van der Waals surface area (Å²) < 4.78 is 10.8. The zero-order chi connectivity index (χ0) is 34.3. The number of rotatable bonds is 11. The van der Waals surface area contributed by atoms with E-state index in [4.69, 9.17) is 21.1 Å². The average molecular weight is 687 g/mol. The van der Waals surface area contributed by atoms with Gasteiger partial charge < -0.3 is 30.3 Å². The molecule has 2 aromatic heterocycles. The van der Waals surface area contributed by atoms with Gasteiger partial charge in [-0.25, -0.2) is 24.5 Å². The van der Waals surface area contributed by atoms with Crippen LogP contribution in [0.3, 0.4) is 0 Å². The van der Waals surface area contributed by atoms with Crippen molar-refractivity contribution in [3.05, 3.63) is 51.7 Å². The van der Waals surface area contributed by atoms with Crippen LogP contribution in [0.15, 0.2) is 30.5 Å². The molecule has 1 unspecified atom stereocenters. The fraction of sp³-hybridized carbons (Fsp3) is 0.500. The molecule has 254 valence electrons. The van der Waals surface area contributed by atoms with Gasteiger partial charge >= 0.3 is 12.1 Å². The Hall–Kier alpha value is -4.01. The van der Waals surface area contributed by atoms with Gasteiger partial charge in [0.05, 0.1) is 16.9 Å². The molecule has 0 aliphatic carbocycles. The highest BCUT2D eigenvalue weighted by Gasteiger charge is 2.28. The van der Waals surface area contributed by atoms with E-state index in [0.717, 1.165) is 37.6 Å². The molecule has 3 aromatic rings. The number of anilines is 4. The SMILES string of the molecule is Cc1nc(Nc2ncc(C(=O)Nc3c(C)cccc3Cl)s2)cc(N2CCN(CCOC(=O)C(NC(=O)OC(C)(C)C)C(C)C)CC2)n1. The van der Waals surface area contributed by atoms with Gasteiger partial charge in [-0.15, -0.1) is 0 Å². The Balaban J connectivity index is 1.26. The van der Waals surface area contributed by atoms with Gasteiger partial charge in [0.25, 0.3) is 5.91 Å². The number of thiazole rings is 1. The number of benzene rings is 1. The van der Waals surface area contributed by atoms with Crippen molar-refractivity contribution in [2.45, 2.75) is 60.1 Å². The van der Waals surface area contributed by atoms with Crippen molar-refractivity contribution < 1.29 is 23.9 Å². The predicted octanol–water partition coefficient (Wildman–Crippen LogP) is 5.41. The number of carbonyl (C=O) groups excluding carboxylic acids is 3. The minimum atomic E-state index is -0.795. The lowest BCUT2D eigenvalue weighted by atomic mass is 10.1. The third-order valence-corrected chi connectivity index (χ3v) is 8.42. The molecular formula is C32H43ClN8O5S. The number of esters is 1. The third kappa shape index (κ3) is 10.5. The molecule has 15 heteroatoms. The van der Waals surface area contributed by atoms with Crippen LogP contribution in [0.5, 0.6) is 0 Å². The summed E-state index contributed by atoms with van der Waals surface area (Å²) >= 11 is 7.48. The second kappa shape index (κ2) is 15.7. The monoisotopic (exact) mass is 686 g/mol. The minimum absolute atomic E-state index is 0.157. The number of hydrogen-bond acceptors (Lipinski definition) is 12. The average Bonchev–Trinajstić information content (AvgIpc) is 3.45. The predicted molar refractivity (Wildman–Crippen MR) is 184 cm³/mol. The molecule has 0 saturated carbocycles. The largest absolute Gasteiger partial charge is 0.463 e. The van der Waals surface area contributed by atoms with Crippen LogP contribution in [0.4, 0.5) is 27.2 Å². The lowest BCUT2D eigenvalue weighted by Crippen LogP contribution is -2.49. The van der Waals surface area contributed by atoms with Gasteiger partial charge in [-0.05, 0) is 52.2 Å². The van der Waals surface area contributed by atoms with Crippen LogP contribution < -0.4 is 20.9 Å². The van der Waals surface area contributed by atoms with E-state index in [0.29, 0.717) is 38.9 Å². The summed E-state index contributed by atoms with van der Waals surface area (Å²) in [6.45, 7) is 16.4. The first kappa shape index (κ1) is 35.8. The first-order chi connectivity index (χ1) is 22.2. The molecule has 3 N–H and O–H groups in total. The molecule has 47 heavy (non-hydrogen) atoms. The zero-order valence-corrected chi connectivity index (χ0v) is 29.4. The van der Waals surface area contributed by atoms with Crippen LogP contribution in [0, 0.1) is 19.8 Å². The Morgan fingerprint density at radius 3 is 2.47 bits per heavy atom. The Morgan fingerprint density at radius 2 is 1.81 bits per heavy atom. The normalized spacial score (nSPS) is 14.4. The van der Waals surface area contributed by atoms with Crippen LogP contribution in [-0.2, 0) is 14.3 Å². The van der Waals surface area contributed by atoms with Gasteiger partial charge in [-0.2, -0.15) is 0 Å². The summed E-state index contributed by atoms with van der Waals surface area (Å²) in [5.41, 5.74) is 0.779. The second-order valence-corrected chi connectivity index (χ2v) is 14.0. The van der Waals surface area contributed by atoms with Crippen molar-refractivity contribution in [2.75, 3.05) is 54.9 Å². The topological polar surface area (TPSA) is 151 Å². The van der Waals surface area contributed by atoms with Gasteiger partial charge in [-0.3, -0.25) is 9.69 Å². The summed E-state index contributed by atoms with van der Waals surface area (Å²) in [6, 6.07) is 6.51. The Kier molecular flexibility index (Phi) is 12.0. The number of alkyl carbamates (subject to hydrolysis) is 1. The third-order valence-electron chi connectivity index (χ3n) is 7.19. The lowest BCUT2D eigenvalue weighted by molar-refractivity contribution is -0.147. The van der Waals surface area contributed by atoms with Crippen LogP contribution in [0.25, 0.3) is 0 Å². The number of hydrogen-bond donors (Lipinski definition) is 3. The summed E-state index contributed by atoms with van der Waals surface area (Å²) in [5.74, 6) is 1.02. The highest BCUT2D eigenvalue weighted by Crippen LogP contribution is 2.28. The molecule has 0 radical (unpaired) electrons. The molecule has 1 fully saturated rings. The van der Waals surface area contributed by atoms with E-state index in [-0.39, 0.29) is 18.4 Å². The number of nitrogens with one attached hydrogen (secondary N) is 3. The van der Waals surface area contributed by atoms with Gasteiger partial charge in [-0.1, -0.05) is 48.9 Å². The minimum Gasteiger partial charge on any atom is -0.463 e. The van der Waals surface area contributed by atoms with Crippen molar-refractivity contribution in [2.24, 2.45) is 5.92 Å². The van der Waals surface area contributed by atoms with Crippen molar-refractivity contribution in [1.29, 1.82) is 0 Å². The van der Waals surface area contributed by atoms with Gasteiger partial charge in [0.2, 0.25) is 0 Å². The molecule has 3 heterocycles. The highest BCUT2D eigenvalue weighted by molar-refractivity contribution is 7.17. The summed E-state index contributed by atoms with van der Waals surface area (Å²) in [5, 5.41) is 9.70. The van der Waals surface area contributed by atoms with Gasteiger partial charge in [0.15, 0.2) is 5.13 Å². The van der Waals surface area contributed by atoms with Crippen LogP contribution in [0.1, 0.15) is 55.7 Å². The van der Waals surface area contributed by atoms with E-state index in [1.165, 1.54) is 17.5 Å². The van der Waals surface area contributed by atoms with E-state index < -0.39 is 23.7 Å². The summed E-state index contributed by atoms with van der Waals surface area (Å²) in [4.78, 5) is 56.1. The number of carbonyl (C=O) groups is 3. The summed E-state index contributed by atoms with van der Waals surface area (Å²) in [7, 11) is 0. The molecule has 1 aromatic carbocycles. The molecule has 1 aliphatic heterocycles. The smallest absolute Gasteiger partial charge is 0.408 e. The number of aromatic nitrogens is 3. The zero-order valence-electron chi connectivity index (χ0n) is 27.8. The fourth-order valence-corrected chi connectivity index (χ4v) is 5.78. The first-order valence-corrected chi connectivity index (χ1v) is 16.7. The van der Waals surface area contributed by atoms with Gasteiger partial charge in [0.1, 0.15) is 40.6 Å². The second-order valence-electron chi connectivity index (χ2n) is 12.6. The fourth-order valence-electron chi connectivity index (χ4n) is 4.79. The molecule has 13 nitrogen and oxygen atoms in total. The molecule has 4 rings (SSSR count). The number of nitrogens with zero attached hydrogens (tertiary/aromatic N) is 5. The molecular weight excluding hydrogens is 644 g/mol. The standard InChI is InChI=1S/C32H43ClN8O5S/c1-19(2)26(39-31(44)46-32(5,6)7)29(43)45-16-15-40-11-13-41(14-12-40)25-17-24(35-21(4)36-25)37-30-34-18-23(47-30)28(42)38-27-20(3)9-8-10-22(27)33/h8-10,17-19,26H,11-16H2,1-7H3,(H,38,42)(H,39,44)(H,34,35,36,37). The number of ether oxygens (including phenoxy) is 2. The molecule has 1 atom stereocenters. The molecule has 2 amide bonds. The highest BCUT2D eigenvalue weighted by atomic mass is 35.5. The Morgan fingerprint density at radius 1 is 1.09 bits per heavy atom. The van der Waals surface area contributed by atoms with Crippen molar-refractivity contribution in [3.8, 4) is 0 Å². The number of halogens is 1. The number of amides is 2. The van der Waals surface area contributed by atoms with Crippen molar-refractivity contribution in [1.82, 2.24) is 25.2 Å². The van der Waals surface area contributed by atoms with Crippen molar-refractivity contribution in [3.63, 3.8) is 0 Å². The number of para-hydroxylation sites is 1. The molecule has 1 saturated heterocycles. The maximum Gasteiger partial charge on any atom is 0.408 e. The van der Waals surface area contributed by atoms with Crippen LogP contribution in [0.2, 0.25) is 5.02 Å². The Labute approximate surface area is 284 Å². The molecule has 0 spiro atoms. The first-order valence-electron chi connectivity index (χ1n) is 15.5. The van der Waals surface area contributed by atoms with Crippen LogP contribution >= 0.6 is 22.9 Å².